The van der Waals surface area contributed by atoms with E-state index in [0.29, 0.717) is 13.2 Å². The molecule has 112 valence electrons. The molecule has 1 fully saturated rings. The Bertz CT molecular complexity index is 654. The molecule has 2 heterocycles. The van der Waals surface area contributed by atoms with Gasteiger partial charge in [0.15, 0.2) is 0 Å². The number of nitrogens with one attached hydrogen (secondary N) is 1. The highest BCUT2D eigenvalue weighted by atomic mass is 16.5. The van der Waals surface area contributed by atoms with Crippen LogP contribution in [0.3, 0.4) is 0 Å². The zero-order valence-corrected chi connectivity index (χ0v) is 12.7. The first kappa shape index (κ1) is 14.1. The Hall–Kier alpha value is -1.81. The molecule has 0 aliphatic carbocycles. The van der Waals surface area contributed by atoms with E-state index in [0.717, 1.165) is 25.1 Å². The molecule has 1 aromatic carbocycles. The normalized spacial score (nSPS) is 16.3. The third kappa shape index (κ3) is 2.81. The summed E-state index contributed by atoms with van der Waals surface area (Å²) in [6.45, 7) is 6.60. The van der Waals surface area contributed by atoms with Gasteiger partial charge in [0.25, 0.3) is 0 Å². The summed E-state index contributed by atoms with van der Waals surface area (Å²) in [6.07, 6.45) is 1.64. The lowest BCUT2D eigenvalue weighted by Crippen LogP contribution is -2.28. The summed E-state index contributed by atoms with van der Waals surface area (Å²) in [5, 5.41) is 4.23. The molecule has 0 radical (unpaired) electrons. The Morgan fingerprint density at radius 3 is 2.81 bits per heavy atom. The van der Waals surface area contributed by atoms with Gasteiger partial charge in [-0.25, -0.2) is 0 Å². The van der Waals surface area contributed by atoms with Crippen molar-refractivity contribution < 1.29 is 9.53 Å². The molecule has 3 rings (SSSR count). The largest absolute Gasteiger partial charge is 0.381 e. The molecule has 21 heavy (non-hydrogen) atoms. The number of carbonyl (C=O) groups is 1. The number of hydrogen-bond acceptors (Lipinski definition) is 2. The Balaban J connectivity index is 1.79. The van der Waals surface area contributed by atoms with Gasteiger partial charge < -0.3 is 14.6 Å². The Labute approximate surface area is 125 Å². The number of anilines is 1. The Kier molecular flexibility index (Phi) is 3.97. The van der Waals surface area contributed by atoms with E-state index in [1.807, 2.05) is 6.07 Å². The van der Waals surface area contributed by atoms with Crippen molar-refractivity contribution in [2.45, 2.75) is 33.2 Å². The van der Waals surface area contributed by atoms with Gasteiger partial charge in [0.05, 0.1) is 0 Å². The van der Waals surface area contributed by atoms with Gasteiger partial charge in [0, 0.05) is 48.0 Å². The maximum Gasteiger partial charge on any atom is 0.227 e. The second kappa shape index (κ2) is 5.90. The smallest absolute Gasteiger partial charge is 0.227 e. The molecule has 4 heteroatoms. The van der Waals surface area contributed by atoms with Crippen molar-refractivity contribution in [1.29, 1.82) is 0 Å². The molecule has 4 nitrogen and oxygen atoms in total. The molecule has 0 bridgehead atoms. The zero-order chi connectivity index (χ0) is 14.8. The lowest BCUT2D eigenvalue weighted by molar-refractivity contribution is -0.122. The van der Waals surface area contributed by atoms with Gasteiger partial charge >= 0.3 is 0 Å². The second-order valence-electron chi connectivity index (χ2n) is 5.68. The summed E-state index contributed by atoms with van der Waals surface area (Å²) in [5.41, 5.74) is 3.35. The number of fused-ring (bicyclic) bond motifs is 1. The van der Waals surface area contributed by atoms with Gasteiger partial charge in [-0.1, -0.05) is 0 Å². The maximum absolute atomic E-state index is 12.3. The molecule has 1 amide bonds. The first-order valence-electron chi connectivity index (χ1n) is 7.67. The van der Waals surface area contributed by atoms with E-state index >= 15 is 0 Å². The van der Waals surface area contributed by atoms with Gasteiger partial charge in [-0.3, -0.25) is 4.79 Å². The van der Waals surface area contributed by atoms with Gasteiger partial charge in [-0.15, -0.1) is 0 Å². The minimum absolute atomic E-state index is 0.0800. The molecule has 0 spiro atoms. The minimum atomic E-state index is 0.0800. The summed E-state index contributed by atoms with van der Waals surface area (Å²) in [4.78, 5) is 12.3. The summed E-state index contributed by atoms with van der Waals surface area (Å²) in [5.74, 6) is 0.195. The summed E-state index contributed by atoms with van der Waals surface area (Å²) >= 11 is 0. The lowest BCUT2D eigenvalue weighted by atomic mass is 9.99. The van der Waals surface area contributed by atoms with Crippen molar-refractivity contribution in [2.24, 2.45) is 5.92 Å². The molecular weight excluding hydrogens is 264 g/mol. The van der Waals surface area contributed by atoms with Crippen LogP contribution in [0.2, 0.25) is 0 Å². The van der Waals surface area contributed by atoms with Crippen molar-refractivity contribution in [3.63, 3.8) is 0 Å². The minimum Gasteiger partial charge on any atom is -0.381 e. The Morgan fingerprint density at radius 2 is 2.10 bits per heavy atom. The quantitative estimate of drug-likeness (QED) is 0.940. The van der Waals surface area contributed by atoms with Crippen LogP contribution in [0, 0.1) is 12.8 Å². The highest BCUT2D eigenvalue weighted by molar-refractivity contribution is 5.95. The van der Waals surface area contributed by atoms with Crippen LogP contribution in [0.5, 0.6) is 0 Å². The van der Waals surface area contributed by atoms with Gasteiger partial charge in [0.2, 0.25) is 5.91 Å². The van der Waals surface area contributed by atoms with Crippen LogP contribution in [0.1, 0.15) is 25.5 Å². The van der Waals surface area contributed by atoms with Crippen molar-refractivity contribution >= 4 is 22.5 Å². The number of rotatable bonds is 3. The standard InChI is InChI=1S/C17H22N2O2/c1-3-19-12(2)10-14-11-15(4-5-16(14)19)18-17(20)13-6-8-21-9-7-13/h4-5,10-11,13H,3,6-9H2,1-2H3,(H,18,20). The van der Waals surface area contributed by atoms with Crippen LogP contribution in [0.25, 0.3) is 10.9 Å². The number of hydrogen-bond donors (Lipinski definition) is 1. The van der Waals surface area contributed by atoms with Gasteiger partial charge in [0.1, 0.15) is 0 Å². The number of amides is 1. The zero-order valence-electron chi connectivity index (χ0n) is 12.7. The predicted molar refractivity (Wildman–Crippen MR) is 84.5 cm³/mol. The summed E-state index contributed by atoms with van der Waals surface area (Å²) in [7, 11) is 0. The predicted octanol–water partition coefficient (Wildman–Crippen LogP) is 3.33. The molecular formula is C17H22N2O2. The van der Waals surface area contributed by atoms with Crippen molar-refractivity contribution in [3.05, 3.63) is 30.0 Å². The first-order valence-corrected chi connectivity index (χ1v) is 7.67. The molecule has 0 unspecified atom stereocenters. The van der Waals surface area contributed by atoms with E-state index < -0.39 is 0 Å². The van der Waals surface area contributed by atoms with E-state index in [1.54, 1.807) is 0 Å². The fraction of sp³-hybridized carbons (Fsp3) is 0.471. The maximum atomic E-state index is 12.3. The number of nitrogens with zero attached hydrogens (tertiary/aromatic N) is 1. The number of benzene rings is 1. The van der Waals surface area contributed by atoms with Crippen LogP contribution < -0.4 is 5.32 Å². The second-order valence-corrected chi connectivity index (χ2v) is 5.68. The van der Waals surface area contributed by atoms with E-state index in [4.69, 9.17) is 4.74 Å². The fourth-order valence-electron chi connectivity index (χ4n) is 3.11. The molecule has 1 aliphatic heterocycles. The molecule has 0 saturated carbocycles. The van der Waals surface area contributed by atoms with Crippen LogP contribution in [-0.2, 0) is 16.1 Å². The molecule has 1 aromatic heterocycles. The SMILES string of the molecule is CCn1c(C)cc2cc(NC(=O)C3CCOCC3)ccc21. The van der Waals surface area contributed by atoms with Crippen molar-refractivity contribution in [3.8, 4) is 0 Å². The van der Waals surface area contributed by atoms with Crippen LogP contribution in [-0.4, -0.2) is 23.7 Å². The molecule has 2 aromatic rings. The summed E-state index contributed by atoms with van der Waals surface area (Å²) < 4.78 is 7.58. The molecule has 1 saturated heterocycles. The Morgan fingerprint density at radius 1 is 1.33 bits per heavy atom. The third-order valence-corrected chi connectivity index (χ3v) is 4.28. The number of aromatic nitrogens is 1. The molecule has 1 N–H and O–H groups in total. The topological polar surface area (TPSA) is 43.3 Å². The molecule has 1 aliphatic rings. The first-order chi connectivity index (χ1) is 10.2. The van der Waals surface area contributed by atoms with Crippen molar-refractivity contribution in [2.75, 3.05) is 18.5 Å². The van der Waals surface area contributed by atoms with E-state index in [2.05, 4.69) is 41.9 Å². The summed E-state index contributed by atoms with van der Waals surface area (Å²) in [6, 6.07) is 8.31. The van der Waals surface area contributed by atoms with E-state index in [-0.39, 0.29) is 11.8 Å². The lowest BCUT2D eigenvalue weighted by Gasteiger charge is -2.21. The highest BCUT2D eigenvalue weighted by Gasteiger charge is 2.21. The number of aryl methyl sites for hydroxylation is 2. The highest BCUT2D eigenvalue weighted by Crippen LogP contribution is 2.24. The van der Waals surface area contributed by atoms with E-state index in [9.17, 15) is 4.79 Å². The van der Waals surface area contributed by atoms with Crippen LogP contribution in [0.4, 0.5) is 5.69 Å². The number of ether oxygens (including phenoxy) is 1. The monoisotopic (exact) mass is 286 g/mol. The van der Waals surface area contributed by atoms with E-state index in [1.165, 1.54) is 16.6 Å². The van der Waals surface area contributed by atoms with Crippen LogP contribution in [0.15, 0.2) is 24.3 Å². The van der Waals surface area contributed by atoms with Gasteiger partial charge in [-0.05, 0) is 51.0 Å². The van der Waals surface area contributed by atoms with Gasteiger partial charge in [-0.2, -0.15) is 0 Å². The molecule has 0 atom stereocenters. The van der Waals surface area contributed by atoms with Crippen molar-refractivity contribution in [1.82, 2.24) is 4.57 Å². The number of carbonyl (C=O) groups excluding carboxylic acids is 1. The average molecular weight is 286 g/mol. The fourth-order valence-corrected chi connectivity index (χ4v) is 3.11. The van der Waals surface area contributed by atoms with Crippen LogP contribution >= 0.6 is 0 Å². The third-order valence-electron chi connectivity index (χ3n) is 4.28. The average Bonchev–Trinajstić information content (AvgIpc) is 2.82.